The Labute approximate surface area is 81.3 Å². The summed E-state index contributed by atoms with van der Waals surface area (Å²) >= 11 is 0. The van der Waals surface area contributed by atoms with Gasteiger partial charge in [0, 0.05) is 6.08 Å². The van der Waals surface area contributed by atoms with Gasteiger partial charge < -0.3 is 10.9 Å². The van der Waals surface area contributed by atoms with Crippen molar-refractivity contribution in [3.8, 4) is 0 Å². The average Bonchev–Trinajstić information content (AvgIpc) is 2.16. The van der Waals surface area contributed by atoms with Crippen LogP contribution < -0.4 is 5.73 Å². The van der Waals surface area contributed by atoms with Crippen molar-refractivity contribution < 1.29 is 10.0 Å². The highest BCUT2D eigenvalue weighted by molar-refractivity contribution is 5.90. The summed E-state index contributed by atoms with van der Waals surface area (Å²) in [6, 6.07) is 7.15. The van der Waals surface area contributed by atoms with E-state index in [-0.39, 0.29) is 0 Å². The maximum atomic E-state index is 10.5. The van der Waals surface area contributed by atoms with Crippen LogP contribution in [0, 0.1) is 0 Å². The second-order valence-electron chi connectivity index (χ2n) is 2.65. The SMILES string of the molecule is NC(=O)C=Cc1cccc(C=NO)c1. The van der Waals surface area contributed by atoms with Crippen molar-refractivity contribution in [2.45, 2.75) is 0 Å². The molecule has 14 heavy (non-hydrogen) atoms. The zero-order valence-electron chi connectivity index (χ0n) is 7.42. The van der Waals surface area contributed by atoms with Crippen molar-refractivity contribution in [1.29, 1.82) is 0 Å². The Morgan fingerprint density at radius 3 is 2.79 bits per heavy atom. The van der Waals surface area contributed by atoms with Gasteiger partial charge in [0.25, 0.3) is 0 Å². The van der Waals surface area contributed by atoms with Gasteiger partial charge in [-0.1, -0.05) is 23.4 Å². The topological polar surface area (TPSA) is 75.7 Å². The minimum Gasteiger partial charge on any atom is -0.411 e. The third-order valence-electron chi connectivity index (χ3n) is 1.56. The summed E-state index contributed by atoms with van der Waals surface area (Å²) in [6.45, 7) is 0. The van der Waals surface area contributed by atoms with E-state index in [1.54, 1.807) is 24.3 Å². The molecular weight excluding hydrogens is 180 g/mol. The number of hydrogen-bond acceptors (Lipinski definition) is 3. The van der Waals surface area contributed by atoms with Gasteiger partial charge in [0.15, 0.2) is 0 Å². The van der Waals surface area contributed by atoms with Crippen LogP contribution in [0.3, 0.4) is 0 Å². The van der Waals surface area contributed by atoms with Crippen molar-refractivity contribution in [1.82, 2.24) is 0 Å². The van der Waals surface area contributed by atoms with Crippen LogP contribution in [0.2, 0.25) is 0 Å². The zero-order valence-corrected chi connectivity index (χ0v) is 7.42. The Balaban J connectivity index is 2.88. The predicted octanol–water partition coefficient (Wildman–Crippen LogP) is 0.993. The Bertz CT molecular complexity index is 383. The summed E-state index contributed by atoms with van der Waals surface area (Å²) in [5.41, 5.74) is 6.51. The molecule has 0 aliphatic heterocycles. The number of carbonyl (C=O) groups is 1. The molecule has 0 aliphatic rings. The molecular formula is C10H10N2O2. The first-order chi connectivity index (χ1) is 6.72. The quantitative estimate of drug-likeness (QED) is 0.323. The van der Waals surface area contributed by atoms with Gasteiger partial charge in [0.05, 0.1) is 6.21 Å². The summed E-state index contributed by atoms with van der Waals surface area (Å²) in [6.07, 6.45) is 4.17. The predicted molar refractivity (Wildman–Crippen MR) is 54.1 cm³/mol. The average molecular weight is 190 g/mol. The fourth-order valence-corrected chi connectivity index (χ4v) is 0.988. The zero-order chi connectivity index (χ0) is 10.4. The number of primary amides is 1. The number of carbonyl (C=O) groups excluding carboxylic acids is 1. The van der Waals surface area contributed by atoms with Crippen LogP contribution >= 0.6 is 0 Å². The summed E-state index contributed by atoms with van der Waals surface area (Å²) in [5.74, 6) is -0.494. The van der Waals surface area contributed by atoms with Gasteiger partial charge in [-0.3, -0.25) is 4.79 Å². The molecule has 0 fully saturated rings. The normalized spacial score (nSPS) is 11.1. The van der Waals surface area contributed by atoms with Gasteiger partial charge >= 0.3 is 0 Å². The van der Waals surface area contributed by atoms with Gasteiger partial charge in [-0.2, -0.15) is 0 Å². The molecule has 0 bridgehead atoms. The smallest absolute Gasteiger partial charge is 0.241 e. The third-order valence-corrected chi connectivity index (χ3v) is 1.56. The van der Waals surface area contributed by atoms with Crippen LogP contribution in [-0.2, 0) is 4.79 Å². The molecule has 0 radical (unpaired) electrons. The second-order valence-corrected chi connectivity index (χ2v) is 2.65. The molecule has 4 nitrogen and oxygen atoms in total. The number of nitrogens with zero attached hydrogens (tertiary/aromatic N) is 1. The number of oxime groups is 1. The summed E-state index contributed by atoms with van der Waals surface area (Å²) in [7, 11) is 0. The molecule has 1 aromatic rings. The van der Waals surface area contributed by atoms with E-state index in [9.17, 15) is 4.79 Å². The van der Waals surface area contributed by atoms with E-state index in [4.69, 9.17) is 10.9 Å². The molecule has 0 unspecified atom stereocenters. The number of benzene rings is 1. The Hall–Kier alpha value is -2.10. The van der Waals surface area contributed by atoms with Crippen molar-refractivity contribution in [3.63, 3.8) is 0 Å². The first-order valence-corrected chi connectivity index (χ1v) is 3.97. The summed E-state index contributed by atoms with van der Waals surface area (Å²) in [5, 5.41) is 11.2. The number of nitrogens with two attached hydrogens (primary N) is 1. The summed E-state index contributed by atoms with van der Waals surface area (Å²) in [4.78, 5) is 10.5. The van der Waals surface area contributed by atoms with Crippen LogP contribution in [0.15, 0.2) is 35.5 Å². The van der Waals surface area contributed by atoms with Crippen LogP contribution in [0.5, 0.6) is 0 Å². The van der Waals surface area contributed by atoms with Gasteiger partial charge in [-0.05, 0) is 23.3 Å². The molecule has 0 saturated carbocycles. The Morgan fingerprint density at radius 2 is 2.14 bits per heavy atom. The molecule has 1 amide bonds. The first-order valence-electron chi connectivity index (χ1n) is 3.97. The molecule has 72 valence electrons. The highest BCUT2D eigenvalue weighted by Gasteiger charge is 1.90. The lowest BCUT2D eigenvalue weighted by Crippen LogP contribution is -2.05. The Morgan fingerprint density at radius 1 is 1.43 bits per heavy atom. The van der Waals surface area contributed by atoms with Gasteiger partial charge in [0.1, 0.15) is 0 Å². The lowest BCUT2D eigenvalue weighted by molar-refractivity contribution is -0.113. The Kier molecular flexibility index (Phi) is 3.43. The molecule has 3 N–H and O–H groups in total. The fraction of sp³-hybridized carbons (Fsp3) is 0. The number of rotatable bonds is 3. The largest absolute Gasteiger partial charge is 0.411 e. The fourth-order valence-electron chi connectivity index (χ4n) is 0.988. The molecule has 0 aliphatic carbocycles. The molecule has 0 atom stereocenters. The monoisotopic (exact) mass is 190 g/mol. The van der Waals surface area contributed by atoms with Crippen molar-refractivity contribution in [3.05, 3.63) is 41.5 Å². The van der Waals surface area contributed by atoms with Crippen LogP contribution in [0.25, 0.3) is 6.08 Å². The van der Waals surface area contributed by atoms with Gasteiger partial charge in [0.2, 0.25) is 5.91 Å². The lowest BCUT2D eigenvalue weighted by atomic mass is 10.1. The molecule has 4 heteroatoms. The second kappa shape index (κ2) is 4.81. The van der Waals surface area contributed by atoms with Crippen molar-refractivity contribution >= 4 is 18.2 Å². The van der Waals surface area contributed by atoms with E-state index in [1.165, 1.54) is 12.3 Å². The van der Waals surface area contributed by atoms with Crippen LogP contribution in [0.1, 0.15) is 11.1 Å². The van der Waals surface area contributed by atoms with Crippen molar-refractivity contribution in [2.24, 2.45) is 10.9 Å². The third kappa shape index (κ3) is 3.10. The van der Waals surface area contributed by atoms with E-state index < -0.39 is 5.91 Å². The minimum absolute atomic E-state index is 0.494. The number of amides is 1. The van der Waals surface area contributed by atoms with E-state index in [2.05, 4.69) is 5.16 Å². The van der Waals surface area contributed by atoms with Crippen LogP contribution in [-0.4, -0.2) is 17.3 Å². The minimum atomic E-state index is -0.494. The molecule has 0 spiro atoms. The van der Waals surface area contributed by atoms with E-state index in [1.807, 2.05) is 6.07 Å². The lowest BCUT2D eigenvalue weighted by Gasteiger charge is -1.94. The van der Waals surface area contributed by atoms with E-state index in [0.717, 1.165) is 11.1 Å². The van der Waals surface area contributed by atoms with E-state index >= 15 is 0 Å². The highest BCUT2D eigenvalue weighted by atomic mass is 16.4. The molecule has 1 rings (SSSR count). The standard InChI is InChI=1S/C10H10N2O2/c11-10(13)5-4-8-2-1-3-9(6-8)7-12-14/h1-7,14H,(H2,11,13). The van der Waals surface area contributed by atoms with Gasteiger partial charge in [-0.15, -0.1) is 0 Å². The maximum absolute atomic E-state index is 10.5. The molecule has 1 aromatic carbocycles. The summed E-state index contributed by atoms with van der Waals surface area (Å²) < 4.78 is 0. The van der Waals surface area contributed by atoms with Crippen molar-refractivity contribution in [2.75, 3.05) is 0 Å². The molecule has 0 aromatic heterocycles. The molecule has 0 saturated heterocycles. The highest BCUT2D eigenvalue weighted by Crippen LogP contribution is 2.05. The van der Waals surface area contributed by atoms with Gasteiger partial charge in [-0.25, -0.2) is 0 Å². The maximum Gasteiger partial charge on any atom is 0.241 e. The first kappa shape index (κ1) is 9.98. The van der Waals surface area contributed by atoms with Crippen LogP contribution in [0.4, 0.5) is 0 Å². The number of hydrogen-bond donors (Lipinski definition) is 2. The molecule has 0 heterocycles. The van der Waals surface area contributed by atoms with E-state index in [0.29, 0.717) is 0 Å².